The maximum absolute atomic E-state index is 6.31. The van der Waals surface area contributed by atoms with E-state index in [9.17, 15) is 0 Å². The molecule has 0 saturated carbocycles. The van der Waals surface area contributed by atoms with E-state index in [1.165, 1.54) is 32.7 Å². The highest BCUT2D eigenvalue weighted by Gasteiger charge is 2.20. The molecule has 2 heterocycles. The topological polar surface area (TPSA) is 51.8 Å². The number of hydrogen-bond acceptors (Lipinski definition) is 4. The standard InChI is InChI=1S/C53H33N3O/c1-2-14-38-32-40(31-30-34(38)12-1)36-28-26-35(27-29-36)39-16-9-17-41(33-39)51-54-52(45-20-6-5-19-44(45)43-22-10-15-37-13-3-4-18-42(37)43)56-53(55-51)47-23-11-25-49-50(47)46-21-7-8-24-48(46)57-49/h1-33H. The van der Waals surface area contributed by atoms with E-state index in [1.807, 2.05) is 30.3 Å². The van der Waals surface area contributed by atoms with E-state index in [2.05, 4.69) is 170 Å². The fourth-order valence-electron chi connectivity index (χ4n) is 8.14. The van der Waals surface area contributed by atoms with Crippen molar-refractivity contribution in [3.05, 3.63) is 200 Å². The van der Waals surface area contributed by atoms with Gasteiger partial charge in [-0.3, -0.25) is 0 Å². The van der Waals surface area contributed by atoms with Crippen LogP contribution in [0.15, 0.2) is 205 Å². The molecule has 0 radical (unpaired) electrons. The van der Waals surface area contributed by atoms with E-state index in [-0.39, 0.29) is 0 Å². The summed E-state index contributed by atoms with van der Waals surface area (Å²) in [7, 11) is 0. The molecule has 0 saturated heterocycles. The van der Waals surface area contributed by atoms with Crippen LogP contribution in [0.1, 0.15) is 0 Å². The van der Waals surface area contributed by atoms with Gasteiger partial charge in [0, 0.05) is 27.5 Å². The lowest BCUT2D eigenvalue weighted by molar-refractivity contribution is 0.669. The minimum absolute atomic E-state index is 0.588. The number of nitrogens with zero attached hydrogens (tertiary/aromatic N) is 3. The van der Waals surface area contributed by atoms with Gasteiger partial charge in [0.05, 0.1) is 0 Å². The summed E-state index contributed by atoms with van der Waals surface area (Å²) in [6.07, 6.45) is 0. The SMILES string of the molecule is c1cc(-c2ccc(-c3ccc4ccccc4c3)cc2)cc(-c2nc(-c3ccccc3-c3cccc4ccccc34)nc(-c3cccc4oc5ccccc5c34)n2)c1. The van der Waals surface area contributed by atoms with Gasteiger partial charge in [-0.2, -0.15) is 0 Å². The number of para-hydroxylation sites is 1. The molecule has 0 amide bonds. The number of hydrogen-bond donors (Lipinski definition) is 0. The second-order valence-electron chi connectivity index (χ2n) is 14.4. The van der Waals surface area contributed by atoms with Gasteiger partial charge < -0.3 is 4.42 Å². The highest BCUT2D eigenvalue weighted by atomic mass is 16.3. The summed E-state index contributed by atoms with van der Waals surface area (Å²) in [6.45, 7) is 0. The Balaban J connectivity index is 1.07. The third-order valence-corrected chi connectivity index (χ3v) is 10.9. The largest absolute Gasteiger partial charge is 0.456 e. The van der Waals surface area contributed by atoms with Gasteiger partial charge in [-0.25, -0.2) is 15.0 Å². The molecule has 266 valence electrons. The van der Waals surface area contributed by atoms with Crippen LogP contribution < -0.4 is 0 Å². The molecule has 11 aromatic rings. The Kier molecular flexibility index (Phi) is 7.78. The summed E-state index contributed by atoms with van der Waals surface area (Å²) in [5.41, 5.74) is 11.1. The van der Waals surface area contributed by atoms with Gasteiger partial charge in [-0.15, -0.1) is 0 Å². The predicted octanol–water partition coefficient (Wildman–Crippen LogP) is 14.1. The van der Waals surface area contributed by atoms with Crippen LogP contribution in [0.5, 0.6) is 0 Å². The molecule has 0 atom stereocenters. The minimum Gasteiger partial charge on any atom is -0.456 e. The number of rotatable bonds is 6. The lowest BCUT2D eigenvalue weighted by atomic mass is 9.94. The summed E-state index contributed by atoms with van der Waals surface area (Å²) in [6, 6.07) is 70.0. The maximum Gasteiger partial charge on any atom is 0.164 e. The zero-order valence-electron chi connectivity index (χ0n) is 30.8. The average Bonchev–Trinajstić information content (AvgIpc) is 3.68. The van der Waals surface area contributed by atoms with Crippen molar-refractivity contribution in [1.29, 1.82) is 0 Å². The third kappa shape index (κ3) is 5.83. The first-order valence-corrected chi connectivity index (χ1v) is 19.2. The van der Waals surface area contributed by atoms with Crippen LogP contribution in [0.2, 0.25) is 0 Å². The fourth-order valence-corrected chi connectivity index (χ4v) is 8.14. The van der Waals surface area contributed by atoms with Gasteiger partial charge >= 0.3 is 0 Å². The van der Waals surface area contributed by atoms with Gasteiger partial charge in [0.1, 0.15) is 11.2 Å². The second kappa shape index (κ2) is 13.6. The zero-order valence-corrected chi connectivity index (χ0v) is 30.8. The molecule has 0 bridgehead atoms. The Bertz CT molecular complexity index is 3300. The number of benzene rings is 9. The van der Waals surface area contributed by atoms with Crippen molar-refractivity contribution in [3.8, 4) is 67.5 Å². The van der Waals surface area contributed by atoms with E-state index >= 15 is 0 Å². The second-order valence-corrected chi connectivity index (χ2v) is 14.4. The Labute approximate surface area is 329 Å². The van der Waals surface area contributed by atoms with Crippen molar-refractivity contribution >= 4 is 43.5 Å². The van der Waals surface area contributed by atoms with Crippen LogP contribution in [0.3, 0.4) is 0 Å². The van der Waals surface area contributed by atoms with Crippen molar-refractivity contribution in [2.75, 3.05) is 0 Å². The summed E-state index contributed by atoms with van der Waals surface area (Å²) in [4.78, 5) is 15.8. The molecular formula is C53H33N3O. The quantitative estimate of drug-likeness (QED) is 0.171. The van der Waals surface area contributed by atoms with E-state index in [4.69, 9.17) is 19.4 Å². The molecular weight excluding hydrogens is 695 g/mol. The van der Waals surface area contributed by atoms with E-state index < -0.39 is 0 Å². The van der Waals surface area contributed by atoms with E-state index in [0.29, 0.717) is 17.5 Å². The molecule has 0 unspecified atom stereocenters. The van der Waals surface area contributed by atoms with Gasteiger partial charge in [0.25, 0.3) is 0 Å². The highest BCUT2D eigenvalue weighted by Crippen LogP contribution is 2.39. The Morgan fingerprint density at radius 2 is 0.807 bits per heavy atom. The first-order valence-electron chi connectivity index (χ1n) is 19.2. The van der Waals surface area contributed by atoms with Gasteiger partial charge in [-0.1, -0.05) is 176 Å². The summed E-state index contributed by atoms with van der Waals surface area (Å²) in [5, 5.41) is 6.85. The first kappa shape index (κ1) is 32.7. The predicted molar refractivity (Wildman–Crippen MR) is 235 cm³/mol. The number of aromatic nitrogens is 3. The van der Waals surface area contributed by atoms with Gasteiger partial charge in [0.2, 0.25) is 0 Å². The van der Waals surface area contributed by atoms with E-state index in [1.54, 1.807) is 0 Å². The van der Waals surface area contributed by atoms with Crippen LogP contribution in [0.25, 0.3) is 111 Å². The average molecular weight is 728 g/mol. The maximum atomic E-state index is 6.31. The molecule has 0 spiro atoms. The summed E-state index contributed by atoms with van der Waals surface area (Å²) >= 11 is 0. The van der Waals surface area contributed by atoms with Crippen LogP contribution >= 0.6 is 0 Å². The molecule has 4 heteroatoms. The molecule has 4 nitrogen and oxygen atoms in total. The van der Waals surface area contributed by atoms with Crippen molar-refractivity contribution in [3.63, 3.8) is 0 Å². The summed E-state index contributed by atoms with van der Waals surface area (Å²) < 4.78 is 6.31. The van der Waals surface area contributed by atoms with Gasteiger partial charge in [0.15, 0.2) is 17.5 Å². The highest BCUT2D eigenvalue weighted by molar-refractivity contribution is 6.12. The molecule has 0 N–H and O–H groups in total. The lowest BCUT2D eigenvalue weighted by Gasteiger charge is -2.14. The molecule has 9 aromatic carbocycles. The van der Waals surface area contributed by atoms with E-state index in [0.717, 1.165) is 60.9 Å². The Morgan fingerprint density at radius 3 is 1.65 bits per heavy atom. The molecule has 11 rings (SSSR count). The Hall–Kier alpha value is -7.69. The molecule has 0 aliphatic heterocycles. The first-order chi connectivity index (χ1) is 28.2. The molecule has 0 aliphatic carbocycles. The molecule has 2 aromatic heterocycles. The van der Waals surface area contributed by atoms with Crippen molar-refractivity contribution < 1.29 is 4.42 Å². The summed E-state index contributed by atoms with van der Waals surface area (Å²) in [5.74, 6) is 1.79. The number of furan rings is 1. The fraction of sp³-hybridized carbons (Fsp3) is 0. The molecule has 57 heavy (non-hydrogen) atoms. The van der Waals surface area contributed by atoms with Gasteiger partial charge in [-0.05, 0) is 79.2 Å². The molecule has 0 fully saturated rings. The lowest BCUT2D eigenvalue weighted by Crippen LogP contribution is -2.01. The van der Waals surface area contributed by atoms with Crippen LogP contribution in [-0.4, -0.2) is 15.0 Å². The monoisotopic (exact) mass is 727 g/mol. The minimum atomic E-state index is 0.588. The van der Waals surface area contributed by atoms with Crippen LogP contribution in [0, 0.1) is 0 Å². The smallest absolute Gasteiger partial charge is 0.164 e. The van der Waals surface area contributed by atoms with Crippen molar-refractivity contribution in [2.45, 2.75) is 0 Å². The van der Waals surface area contributed by atoms with Crippen molar-refractivity contribution in [2.24, 2.45) is 0 Å². The molecule has 0 aliphatic rings. The third-order valence-electron chi connectivity index (χ3n) is 10.9. The Morgan fingerprint density at radius 1 is 0.281 bits per heavy atom. The normalized spacial score (nSPS) is 11.5. The van der Waals surface area contributed by atoms with Crippen LogP contribution in [-0.2, 0) is 0 Å². The van der Waals surface area contributed by atoms with Crippen LogP contribution in [0.4, 0.5) is 0 Å². The number of fused-ring (bicyclic) bond motifs is 5. The zero-order chi connectivity index (χ0) is 37.7. The van der Waals surface area contributed by atoms with Crippen molar-refractivity contribution in [1.82, 2.24) is 15.0 Å².